The third-order valence-electron chi connectivity index (χ3n) is 3.83. The van der Waals surface area contributed by atoms with E-state index in [1.54, 1.807) is 12.1 Å². The number of carbonyl (C=O) groups excluding carboxylic acids is 1. The van der Waals surface area contributed by atoms with Crippen molar-refractivity contribution in [1.82, 2.24) is 10.3 Å². The predicted molar refractivity (Wildman–Crippen MR) is 87.4 cm³/mol. The minimum atomic E-state index is -0.252. The van der Waals surface area contributed by atoms with Crippen molar-refractivity contribution in [2.45, 2.75) is 32.3 Å². The molecule has 0 radical (unpaired) electrons. The molecule has 0 saturated carbocycles. The van der Waals surface area contributed by atoms with Crippen molar-refractivity contribution in [2.75, 3.05) is 13.2 Å². The largest absolute Gasteiger partial charge is 0.376 e. The van der Waals surface area contributed by atoms with Gasteiger partial charge in [-0.3, -0.25) is 4.79 Å². The lowest BCUT2D eigenvalue weighted by molar-refractivity contribution is 0.0860. The maximum absolute atomic E-state index is 12.9. The Morgan fingerprint density at radius 2 is 2.22 bits per heavy atom. The fourth-order valence-corrected chi connectivity index (χ4v) is 3.62. The van der Waals surface area contributed by atoms with E-state index in [-0.39, 0.29) is 17.8 Å². The van der Waals surface area contributed by atoms with E-state index in [1.165, 1.54) is 23.5 Å². The Bertz CT molecular complexity index is 678. The van der Waals surface area contributed by atoms with Gasteiger partial charge in [-0.2, -0.15) is 0 Å². The molecule has 122 valence electrons. The first-order valence-corrected chi connectivity index (χ1v) is 8.54. The van der Waals surface area contributed by atoms with Gasteiger partial charge in [-0.1, -0.05) is 12.1 Å². The molecule has 1 aliphatic rings. The normalized spacial score (nSPS) is 17.4. The third-order valence-corrected chi connectivity index (χ3v) is 4.99. The summed E-state index contributed by atoms with van der Waals surface area (Å²) in [5, 5.41) is 3.78. The molecule has 0 bridgehead atoms. The number of hydrogen-bond acceptors (Lipinski definition) is 4. The second-order valence-corrected chi connectivity index (χ2v) is 6.75. The van der Waals surface area contributed by atoms with Gasteiger partial charge in [0, 0.05) is 19.6 Å². The van der Waals surface area contributed by atoms with E-state index in [1.807, 2.05) is 6.92 Å². The number of benzene rings is 1. The average Bonchev–Trinajstić information content (AvgIpc) is 3.17. The molecule has 2 aromatic rings. The molecule has 1 atom stereocenters. The highest BCUT2D eigenvalue weighted by molar-refractivity contribution is 7.13. The van der Waals surface area contributed by atoms with Gasteiger partial charge in [-0.05, 0) is 37.5 Å². The SMILES string of the molecule is Cc1nc(Cc2ccc(F)cc2)sc1C(=O)NC[C@H]1CCCO1. The number of carbonyl (C=O) groups is 1. The first kappa shape index (κ1) is 16.1. The summed E-state index contributed by atoms with van der Waals surface area (Å²) < 4.78 is 18.4. The molecule has 0 spiro atoms. The summed E-state index contributed by atoms with van der Waals surface area (Å²) in [6.45, 7) is 3.16. The number of aryl methyl sites for hydroxylation is 1. The van der Waals surface area contributed by atoms with Crippen LogP contribution in [0.15, 0.2) is 24.3 Å². The van der Waals surface area contributed by atoms with E-state index in [9.17, 15) is 9.18 Å². The molecule has 1 N–H and O–H groups in total. The Morgan fingerprint density at radius 1 is 1.43 bits per heavy atom. The van der Waals surface area contributed by atoms with E-state index in [0.29, 0.717) is 17.8 Å². The maximum atomic E-state index is 12.9. The topological polar surface area (TPSA) is 51.2 Å². The van der Waals surface area contributed by atoms with Crippen LogP contribution in [0.25, 0.3) is 0 Å². The predicted octanol–water partition coefficient (Wildman–Crippen LogP) is 3.09. The highest BCUT2D eigenvalue weighted by atomic mass is 32.1. The van der Waals surface area contributed by atoms with E-state index < -0.39 is 0 Å². The number of rotatable bonds is 5. The molecule has 1 aliphatic heterocycles. The monoisotopic (exact) mass is 334 g/mol. The lowest BCUT2D eigenvalue weighted by atomic mass is 10.1. The summed E-state index contributed by atoms with van der Waals surface area (Å²) in [5.74, 6) is -0.348. The van der Waals surface area contributed by atoms with E-state index in [0.717, 1.165) is 35.7 Å². The zero-order chi connectivity index (χ0) is 16.2. The summed E-state index contributed by atoms with van der Waals surface area (Å²) >= 11 is 1.39. The Kier molecular flexibility index (Phi) is 5.03. The van der Waals surface area contributed by atoms with Crippen molar-refractivity contribution in [3.8, 4) is 0 Å². The van der Waals surface area contributed by atoms with Crippen molar-refractivity contribution >= 4 is 17.2 Å². The van der Waals surface area contributed by atoms with Gasteiger partial charge in [0.1, 0.15) is 10.7 Å². The molecule has 3 rings (SSSR count). The zero-order valence-electron chi connectivity index (χ0n) is 13.0. The van der Waals surface area contributed by atoms with Crippen molar-refractivity contribution in [3.05, 3.63) is 51.2 Å². The smallest absolute Gasteiger partial charge is 0.263 e. The van der Waals surface area contributed by atoms with Gasteiger partial charge in [-0.25, -0.2) is 9.37 Å². The zero-order valence-corrected chi connectivity index (χ0v) is 13.8. The summed E-state index contributed by atoms with van der Waals surface area (Å²) in [7, 11) is 0. The number of thiazole rings is 1. The molecule has 0 unspecified atom stereocenters. The molecular weight excluding hydrogens is 315 g/mol. The first-order chi connectivity index (χ1) is 11.1. The van der Waals surface area contributed by atoms with E-state index in [4.69, 9.17) is 4.74 Å². The summed E-state index contributed by atoms with van der Waals surface area (Å²) in [6.07, 6.45) is 2.79. The van der Waals surface area contributed by atoms with Crippen LogP contribution in [0, 0.1) is 12.7 Å². The van der Waals surface area contributed by atoms with Crippen LogP contribution in [0.1, 0.15) is 38.8 Å². The van der Waals surface area contributed by atoms with E-state index in [2.05, 4.69) is 10.3 Å². The van der Waals surface area contributed by atoms with Crippen LogP contribution in [0.3, 0.4) is 0 Å². The number of amides is 1. The van der Waals surface area contributed by atoms with Crippen LogP contribution in [0.2, 0.25) is 0 Å². The average molecular weight is 334 g/mol. The summed E-state index contributed by atoms with van der Waals surface area (Å²) in [6, 6.07) is 6.35. The minimum absolute atomic E-state index is 0.0964. The quantitative estimate of drug-likeness (QED) is 0.914. The van der Waals surface area contributed by atoms with Gasteiger partial charge in [0.2, 0.25) is 0 Å². The number of hydrogen-bond donors (Lipinski definition) is 1. The second kappa shape index (κ2) is 7.19. The Hall–Kier alpha value is -1.79. The third kappa shape index (κ3) is 4.14. The molecule has 1 aromatic carbocycles. The van der Waals surface area contributed by atoms with Gasteiger partial charge in [0.25, 0.3) is 5.91 Å². The first-order valence-electron chi connectivity index (χ1n) is 7.72. The lowest BCUT2D eigenvalue weighted by Gasteiger charge is -2.09. The number of nitrogens with one attached hydrogen (secondary N) is 1. The van der Waals surface area contributed by atoms with Gasteiger partial charge in [0.15, 0.2) is 0 Å². The standard InChI is InChI=1S/C17H19FN2O2S/c1-11-16(17(21)19-10-14-3-2-8-22-14)23-15(20-11)9-12-4-6-13(18)7-5-12/h4-7,14H,2-3,8-10H2,1H3,(H,19,21)/t14-/m1/s1. The molecule has 23 heavy (non-hydrogen) atoms. The van der Waals surface area contributed by atoms with Crippen molar-refractivity contribution in [1.29, 1.82) is 0 Å². The fourth-order valence-electron chi connectivity index (χ4n) is 2.61. The van der Waals surface area contributed by atoms with Crippen LogP contribution in [-0.4, -0.2) is 30.1 Å². The molecular formula is C17H19FN2O2S. The molecule has 4 nitrogen and oxygen atoms in total. The molecule has 1 saturated heterocycles. The van der Waals surface area contributed by atoms with Crippen LogP contribution in [0.4, 0.5) is 4.39 Å². The Morgan fingerprint density at radius 3 is 2.91 bits per heavy atom. The van der Waals surface area contributed by atoms with Gasteiger partial charge >= 0.3 is 0 Å². The number of halogens is 1. The number of aromatic nitrogens is 1. The Balaban J connectivity index is 1.62. The van der Waals surface area contributed by atoms with Crippen LogP contribution in [-0.2, 0) is 11.2 Å². The number of nitrogens with zero attached hydrogens (tertiary/aromatic N) is 1. The summed E-state index contributed by atoms with van der Waals surface area (Å²) in [4.78, 5) is 17.4. The fraction of sp³-hybridized carbons (Fsp3) is 0.412. The van der Waals surface area contributed by atoms with E-state index >= 15 is 0 Å². The highest BCUT2D eigenvalue weighted by Crippen LogP contribution is 2.21. The molecule has 1 aromatic heterocycles. The molecule has 0 aliphatic carbocycles. The van der Waals surface area contributed by atoms with Crippen LogP contribution < -0.4 is 5.32 Å². The second-order valence-electron chi connectivity index (χ2n) is 5.67. The maximum Gasteiger partial charge on any atom is 0.263 e. The molecule has 1 fully saturated rings. The lowest BCUT2D eigenvalue weighted by Crippen LogP contribution is -2.31. The van der Waals surface area contributed by atoms with Crippen molar-refractivity contribution in [2.24, 2.45) is 0 Å². The van der Waals surface area contributed by atoms with Crippen LogP contribution in [0.5, 0.6) is 0 Å². The molecule has 2 heterocycles. The van der Waals surface area contributed by atoms with Gasteiger partial charge < -0.3 is 10.1 Å². The van der Waals surface area contributed by atoms with Gasteiger partial charge in [-0.15, -0.1) is 11.3 Å². The number of ether oxygens (including phenoxy) is 1. The van der Waals surface area contributed by atoms with Gasteiger partial charge in [0.05, 0.1) is 16.8 Å². The van der Waals surface area contributed by atoms with Crippen molar-refractivity contribution in [3.63, 3.8) is 0 Å². The minimum Gasteiger partial charge on any atom is -0.376 e. The van der Waals surface area contributed by atoms with Crippen LogP contribution >= 0.6 is 11.3 Å². The Labute approximate surface area is 138 Å². The summed E-state index contributed by atoms with van der Waals surface area (Å²) in [5.41, 5.74) is 1.71. The molecule has 6 heteroatoms. The molecule has 1 amide bonds. The highest BCUT2D eigenvalue weighted by Gasteiger charge is 2.19. The van der Waals surface area contributed by atoms with Crippen molar-refractivity contribution < 1.29 is 13.9 Å².